The van der Waals surface area contributed by atoms with Crippen LogP contribution in [0.15, 0.2) is 58.3 Å². The van der Waals surface area contributed by atoms with Crippen LogP contribution in [0.2, 0.25) is 0 Å². The fourth-order valence-electron chi connectivity index (χ4n) is 6.94. The minimum Gasteiger partial charge on any atom is -0.457 e. The molecule has 3 aromatic rings. The Kier molecular flexibility index (Phi) is 8.08. The number of ether oxygens (including phenoxy) is 5. The van der Waals surface area contributed by atoms with Crippen molar-refractivity contribution in [3.63, 3.8) is 0 Å². The van der Waals surface area contributed by atoms with E-state index in [0.717, 1.165) is 17.7 Å². The van der Waals surface area contributed by atoms with E-state index >= 15 is 0 Å². The number of non-ortho nitro benzene ring substituents is 1. The first-order valence-corrected chi connectivity index (χ1v) is 15.8. The van der Waals surface area contributed by atoms with Crippen LogP contribution in [0.1, 0.15) is 82.7 Å². The lowest BCUT2D eigenvalue weighted by Gasteiger charge is -2.38. The Balaban J connectivity index is 1.38. The smallest absolute Gasteiger partial charge is 0.457 e. The van der Waals surface area contributed by atoms with Crippen LogP contribution in [0.4, 0.5) is 21.0 Å². The molecule has 3 unspecified atom stereocenters. The third-order valence-corrected chi connectivity index (χ3v) is 9.16. The third-order valence-electron chi connectivity index (χ3n) is 9.16. The molecular weight excluding hydrogens is 638 g/mol. The quantitative estimate of drug-likeness (QED) is 0.0907. The van der Waals surface area contributed by atoms with Crippen LogP contribution >= 0.6 is 0 Å². The maximum atomic E-state index is 14.1. The summed E-state index contributed by atoms with van der Waals surface area (Å²) in [6.07, 6.45) is -1.50. The van der Waals surface area contributed by atoms with Gasteiger partial charge in [-0.3, -0.25) is 19.9 Å². The molecular formula is C35H35N3O11. The molecule has 0 saturated heterocycles. The Labute approximate surface area is 280 Å². The number of nitro groups is 1. The highest BCUT2D eigenvalue weighted by molar-refractivity contribution is 6.09. The van der Waals surface area contributed by atoms with Crippen LogP contribution in [-0.2, 0) is 37.8 Å². The number of nitro benzene ring substituents is 1. The van der Waals surface area contributed by atoms with Crippen molar-refractivity contribution >= 4 is 35.4 Å². The van der Waals surface area contributed by atoms with Crippen LogP contribution in [-0.4, -0.2) is 39.1 Å². The molecule has 2 aromatic carbocycles. The highest BCUT2D eigenvalue weighted by Gasteiger charge is 2.54. The van der Waals surface area contributed by atoms with Gasteiger partial charge in [0.2, 0.25) is 5.60 Å². The molecule has 0 radical (unpaired) electrons. The molecule has 4 heterocycles. The summed E-state index contributed by atoms with van der Waals surface area (Å²) in [7, 11) is 0. The Hall–Kier alpha value is -5.53. The molecule has 3 aliphatic heterocycles. The second-order valence-corrected chi connectivity index (χ2v) is 13.4. The molecule has 256 valence electrons. The molecule has 0 fully saturated rings. The van der Waals surface area contributed by atoms with E-state index in [4.69, 9.17) is 28.7 Å². The zero-order valence-corrected chi connectivity index (χ0v) is 27.9. The van der Waals surface area contributed by atoms with Crippen LogP contribution in [0.25, 0.3) is 0 Å². The summed E-state index contributed by atoms with van der Waals surface area (Å²) < 4.78 is 28.8. The molecule has 14 nitrogen and oxygen atoms in total. The second-order valence-electron chi connectivity index (χ2n) is 13.4. The number of carbonyl (C=O) groups is 3. The molecule has 0 spiro atoms. The van der Waals surface area contributed by atoms with E-state index < -0.39 is 45.4 Å². The number of benzene rings is 2. The average Bonchev–Trinajstić information content (AvgIpc) is 3.32. The fourth-order valence-corrected chi connectivity index (χ4v) is 6.94. The topological polar surface area (TPSA) is 175 Å². The largest absolute Gasteiger partial charge is 0.515 e. The highest BCUT2D eigenvalue weighted by atomic mass is 16.7. The average molecular weight is 674 g/mol. The van der Waals surface area contributed by atoms with E-state index in [1.165, 1.54) is 12.1 Å². The summed E-state index contributed by atoms with van der Waals surface area (Å²) in [6.45, 7) is 10.9. The number of nitrogens with zero attached hydrogens (tertiary/aromatic N) is 3. The van der Waals surface area contributed by atoms with Crippen molar-refractivity contribution in [3.8, 4) is 11.5 Å². The SMILES string of the molecule is CCC1c2cc(OC(=O)OC(C)(C)C)ccc2N=C2c3cc4c(c(=O)n3CC21C)COC(=O)C4(CC)OC(=O)Oc1ccc([N+](=O)[O-])cc1. The summed E-state index contributed by atoms with van der Waals surface area (Å²) in [5.74, 6) is -0.752. The Morgan fingerprint density at radius 1 is 1.04 bits per heavy atom. The molecule has 6 rings (SSSR count). The van der Waals surface area contributed by atoms with Gasteiger partial charge in [0.1, 0.15) is 23.7 Å². The van der Waals surface area contributed by atoms with E-state index in [-0.39, 0.29) is 48.1 Å². The van der Waals surface area contributed by atoms with Crippen LogP contribution < -0.4 is 15.0 Å². The fraction of sp³-hybridized carbons (Fsp3) is 0.400. The molecule has 0 aliphatic carbocycles. The molecule has 0 N–H and O–H groups in total. The van der Waals surface area contributed by atoms with Gasteiger partial charge in [0.05, 0.1) is 27.6 Å². The first kappa shape index (κ1) is 33.4. The standard InChI is InChI=1S/C35H35N3O11/c1-7-24-22-15-21(47-31(41)48-33(3,4)5)13-14-26(22)36-28-27-16-25-23(29(39)37(27)18-34(24,28)6)17-45-30(40)35(25,8-2)49-32(42)46-20-11-9-19(10-12-20)38(43)44/h9-16,24H,7-8,17-18H2,1-6H3. The first-order chi connectivity index (χ1) is 23.1. The van der Waals surface area contributed by atoms with Gasteiger partial charge in [-0.2, -0.15) is 0 Å². The molecule has 0 bridgehead atoms. The third kappa shape index (κ3) is 5.70. The number of aromatic nitrogens is 1. The van der Waals surface area contributed by atoms with Gasteiger partial charge in [-0.15, -0.1) is 0 Å². The molecule has 14 heteroatoms. The van der Waals surface area contributed by atoms with E-state index in [0.29, 0.717) is 29.3 Å². The predicted octanol–water partition coefficient (Wildman–Crippen LogP) is 6.60. The number of esters is 1. The zero-order valence-electron chi connectivity index (χ0n) is 27.9. The summed E-state index contributed by atoms with van der Waals surface area (Å²) in [6, 6.07) is 11.6. The van der Waals surface area contributed by atoms with Crippen molar-refractivity contribution in [3.05, 3.63) is 91.4 Å². The maximum Gasteiger partial charge on any atom is 0.515 e. The van der Waals surface area contributed by atoms with Crippen molar-refractivity contribution in [2.75, 3.05) is 0 Å². The monoisotopic (exact) mass is 673 g/mol. The molecule has 0 saturated carbocycles. The van der Waals surface area contributed by atoms with E-state index in [2.05, 4.69) is 0 Å². The lowest BCUT2D eigenvalue weighted by molar-refractivity contribution is -0.384. The molecule has 3 aliphatic rings. The van der Waals surface area contributed by atoms with Gasteiger partial charge in [-0.1, -0.05) is 20.8 Å². The lowest BCUT2D eigenvalue weighted by atomic mass is 9.67. The normalized spacial score (nSPS) is 22.0. The van der Waals surface area contributed by atoms with Gasteiger partial charge >= 0.3 is 18.3 Å². The van der Waals surface area contributed by atoms with Gasteiger partial charge in [-0.25, -0.2) is 14.4 Å². The van der Waals surface area contributed by atoms with Gasteiger partial charge in [0, 0.05) is 29.7 Å². The number of rotatable bonds is 6. The first-order valence-electron chi connectivity index (χ1n) is 15.8. The maximum absolute atomic E-state index is 14.1. The number of carbonyl (C=O) groups excluding carboxylic acids is 3. The van der Waals surface area contributed by atoms with E-state index in [1.807, 2.05) is 13.8 Å². The summed E-state index contributed by atoms with van der Waals surface area (Å²) >= 11 is 0. The number of hydrogen-bond donors (Lipinski definition) is 0. The minimum atomic E-state index is -2.01. The Morgan fingerprint density at radius 3 is 2.35 bits per heavy atom. The predicted molar refractivity (Wildman–Crippen MR) is 173 cm³/mol. The van der Waals surface area contributed by atoms with Crippen molar-refractivity contribution in [1.29, 1.82) is 0 Å². The lowest BCUT2D eigenvalue weighted by Crippen LogP contribution is -2.48. The number of hydrogen-bond acceptors (Lipinski definition) is 12. The van der Waals surface area contributed by atoms with Crippen LogP contribution in [0.5, 0.6) is 11.5 Å². The second kappa shape index (κ2) is 11.9. The van der Waals surface area contributed by atoms with Crippen molar-refractivity contribution in [1.82, 2.24) is 4.57 Å². The summed E-state index contributed by atoms with van der Waals surface area (Å²) in [5, 5.41) is 11.0. The summed E-state index contributed by atoms with van der Waals surface area (Å²) in [4.78, 5) is 68.4. The van der Waals surface area contributed by atoms with Gasteiger partial charge in [0.25, 0.3) is 11.2 Å². The highest BCUT2D eigenvalue weighted by Crippen LogP contribution is 2.53. The molecule has 1 aromatic heterocycles. The Bertz CT molecular complexity index is 1990. The van der Waals surface area contributed by atoms with Crippen LogP contribution in [0, 0.1) is 15.5 Å². The number of aliphatic imine (C=N–C) groups is 1. The minimum absolute atomic E-state index is 0.0449. The number of cyclic esters (lactones) is 1. The van der Waals surface area contributed by atoms with Crippen molar-refractivity contribution < 1.29 is 43.0 Å². The van der Waals surface area contributed by atoms with Crippen molar-refractivity contribution in [2.24, 2.45) is 10.4 Å². The van der Waals surface area contributed by atoms with E-state index in [9.17, 15) is 29.3 Å². The van der Waals surface area contributed by atoms with Crippen molar-refractivity contribution in [2.45, 2.75) is 84.7 Å². The zero-order chi connectivity index (χ0) is 35.5. The molecule has 49 heavy (non-hydrogen) atoms. The van der Waals surface area contributed by atoms with Gasteiger partial charge < -0.3 is 28.3 Å². The van der Waals surface area contributed by atoms with Crippen LogP contribution in [0.3, 0.4) is 0 Å². The molecule has 0 amide bonds. The molecule has 3 atom stereocenters. The summed E-state index contributed by atoms with van der Waals surface area (Å²) in [5.41, 5.74) is -1.09. The van der Waals surface area contributed by atoms with E-state index in [1.54, 1.807) is 56.5 Å². The number of fused-ring (bicyclic) bond motifs is 5. The van der Waals surface area contributed by atoms with Gasteiger partial charge in [0.15, 0.2) is 0 Å². The Morgan fingerprint density at radius 2 is 1.71 bits per heavy atom. The number of pyridine rings is 1. The van der Waals surface area contributed by atoms with Gasteiger partial charge in [-0.05, 0) is 81.5 Å².